The van der Waals surface area contributed by atoms with Crippen molar-refractivity contribution in [2.75, 3.05) is 25.1 Å². The molecular weight excluding hydrogens is 298 g/mol. The summed E-state index contributed by atoms with van der Waals surface area (Å²) >= 11 is 3.36. The molecule has 0 aliphatic carbocycles. The van der Waals surface area contributed by atoms with Crippen LogP contribution in [0.5, 0.6) is 0 Å². The van der Waals surface area contributed by atoms with Gasteiger partial charge in [0.15, 0.2) is 0 Å². The number of rotatable bonds is 3. The van der Waals surface area contributed by atoms with E-state index in [0.29, 0.717) is 11.7 Å². The van der Waals surface area contributed by atoms with Gasteiger partial charge in [0.2, 0.25) is 0 Å². The van der Waals surface area contributed by atoms with Gasteiger partial charge in [-0.25, -0.2) is 4.79 Å². The number of ether oxygens (including phenoxy) is 1. The van der Waals surface area contributed by atoms with Gasteiger partial charge in [0.05, 0.1) is 11.7 Å². The van der Waals surface area contributed by atoms with Crippen LogP contribution in [0.15, 0.2) is 22.7 Å². The summed E-state index contributed by atoms with van der Waals surface area (Å²) < 4.78 is 6.13. The maximum atomic E-state index is 11.0. The monoisotopic (exact) mass is 313 g/mol. The first-order valence-electron chi connectivity index (χ1n) is 5.92. The van der Waals surface area contributed by atoms with Crippen molar-refractivity contribution in [2.45, 2.75) is 18.9 Å². The lowest BCUT2D eigenvalue weighted by Crippen LogP contribution is -2.36. The Bertz CT molecular complexity index is 442. The van der Waals surface area contributed by atoms with Crippen LogP contribution in [0.25, 0.3) is 0 Å². The third-order valence-electron chi connectivity index (χ3n) is 3.27. The summed E-state index contributed by atoms with van der Waals surface area (Å²) in [6.45, 7) is 1.79. The van der Waals surface area contributed by atoms with Crippen LogP contribution in [-0.2, 0) is 4.74 Å². The highest BCUT2D eigenvalue weighted by molar-refractivity contribution is 9.10. The second-order valence-electron chi connectivity index (χ2n) is 4.43. The number of piperidine rings is 1. The minimum Gasteiger partial charge on any atom is -0.478 e. The molecule has 1 saturated heterocycles. The molecule has 0 atom stereocenters. The molecule has 1 fully saturated rings. The summed E-state index contributed by atoms with van der Waals surface area (Å²) in [5, 5.41) is 9.05. The third kappa shape index (κ3) is 3.03. The molecule has 1 aromatic carbocycles. The zero-order valence-electron chi connectivity index (χ0n) is 10.2. The van der Waals surface area contributed by atoms with Crippen LogP contribution >= 0.6 is 15.9 Å². The van der Waals surface area contributed by atoms with Crippen LogP contribution in [0.3, 0.4) is 0 Å². The summed E-state index contributed by atoms with van der Waals surface area (Å²) in [5.41, 5.74) is 1.27. The maximum Gasteiger partial charge on any atom is 0.335 e. The van der Waals surface area contributed by atoms with E-state index < -0.39 is 5.97 Å². The normalized spacial score (nSPS) is 16.9. The molecule has 1 aromatic rings. The number of hydrogen-bond acceptors (Lipinski definition) is 3. The van der Waals surface area contributed by atoms with Gasteiger partial charge in [0.25, 0.3) is 0 Å². The highest BCUT2D eigenvalue weighted by atomic mass is 79.9. The van der Waals surface area contributed by atoms with Crippen molar-refractivity contribution >= 4 is 27.6 Å². The number of carboxylic acid groups (broad SMARTS) is 1. The van der Waals surface area contributed by atoms with E-state index in [2.05, 4.69) is 20.8 Å². The largest absolute Gasteiger partial charge is 0.478 e. The van der Waals surface area contributed by atoms with Gasteiger partial charge in [-0.05, 0) is 31.0 Å². The number of aromatic carboxylic acids is 1. The average Bonchev–Trinajstić information content (AvgIpc) is 2.38. The van der Waals surface area contributed by atoms with E-state index in [0.717, 1.165) is 36.1 Å². The number of carbonyl (C=O) groups is 1. The Morgan fingerprint density at radius 1 is 1.39 bits per heavy atom. The van der Waals surface area contributed by atoms with E-state index in [9.17, 15) is 4.79 Å². The molecule has 98 valence electrons. The second-order valence-corrected chi connectivity index (χ2v) is 5.34. The van der Waals surface area contributed by atoms with Crippen LogP contribution in [0.2, 0.25) is 0 Å². The Hall–Kier alpha value is -1.07. The molecule has 1 aliphatic heterocycles. The van der Waals surface area contributed by atoms with Crippen molar-refractivity contribution in [3.05, 3.63) is 28.2 Å². The lowest BCUT2D eigenvalue weighted by Gasteiger charge is -2.33. The SMILES string of the molecule is COC1CCN(c2cc(Br)cc(C(=O)O)c2)CC1. The van der Waals surface area contributed by atoms with Gasteiger partial charge in [0, 0.05) is 30.4 Å². The van der Waals surface area contributed by atoms with E-state index in [1.165, 1.54) is 0 Å². The molecule has 0 amide bonds. The Morgan fingerprint density at radius 2 is 2.06 bits per heavy atom. The number of benzene rings is 1. The molecule has 0 unspecified atom stereocenters. The number of hydrogen-bond donors (Lipinski definition) is 1. The molecular formula is C13H16BrNO3. The van der Waals surface area contributed by atoms with Crippen LogP contribution in [0.1, 0.15) is 23.2 Å². The number of carboxylic acids is 1. The minimum absolute atomic E-state index is 0.313. The highest BCUT2D eigenvalue weighted by Crippen LogP contribution is 2.26. The molecule has 0 aromatic heterocycles. The zero-order chi connectivity index (χ0) is 13.1. The van der Waals surface area contributed by atoms with Crippen molar-refractivity contribution in [3.8, 4) is 0 Å². The molecule has 0 spiro atoms. The summed E-state index contributed by atoms with van der Waals surface area (Å²) in [4.78, 5) is 13.2. The van der Waals surface area contributed by atoms with Crippen LogP contribution in [-0.4, -0.2) is 37.4 Å². The molecule has 1 N–H and O–H groups in total. The van der Waals surface area contributed by atoms with Crippen molar-refractivity contribution in [1.29, 1.82) is 0 Å². The number of methoxy groups -OCH3 is 1. The molecule has 0 bridgehead atoms. The molecule has 0 radical (unpaired) electrons. The first-order chi connectivity index (χ1) is 8.60. The molecule has 18 heavy (non-hydrogen) atoms. The molecule has 4 nitrogen and oxygen atoms in total. The number of halogens is 1. The van der Waals surface area contributed by atoms with Gasteiger partial charge in [-0.15, -0.1) is 0 Å². The van der Waals surface area contributed by atoms with Crippen LogP contribution in [0, 0.1) is 0 Å². The topological polar surface area (TPSA) is 49.8 Å². The van der Waals surface area contributed by atoms with Crippen molar-refractivity contribution in [1.82, 2.24) is 0 Å². The van der Waals surface area contributed by atoms with Crippen LogP contribution < -0.4 is 4.90 Å². The van der Waals surface area contributed by atoms with E-state index >= 15 is 0 Å². The van der Waals surface area contributed by atoms with E-state index in [1.54, 1.807) is 19.2 Å². The van der Waals surface area contributed by atoms with Gasteiger partial charge >= 0.3 is 5.97 Å². The third-order valence-corrected chi connectivity index (χ3v) is 3.73. The fraction of sp³-hybridized carbons (Fsp3) is 0.462. The summed E-state index contributed by atoms with van der Waals surface area (Å²) in [6, 6.07) is 5.30. The minimum atomic E-state index is -0.899. The fourth-order valence-electron chi connectivity index (χ4n) is 2.23. The van der Waals surface area contributed by atoms with Gasteiger partial charge < -0.3 is 14.7 Å². The predicted molar refractivity (Wildman–Crippen MR) is 73.3 cm³/mol. The standard InChI is InChI=1S/C13H16BrNO3/c1-18-12-2-4-15(5-3-12)11-7-9(13(16)17)6-10(14)8-11/h6-8,12H,2-5H2,1H3,(H,16,17). The molecule has 1 heterocycles. The second kappa shape index (κ2) is 5.71. The summed E-state index contributed by atoms with van der Waals surface area (Å²) in [6.07, 6.45) is 2.28. The van der Waals surface area contributed by atoms with Gasteiger partial charge in [0.1, 0.15) is 0 Å². The lowest BCUT2D eigenvalue weighted by molar-refractivity contribution is 0.0696. The Labute approximate surface area is 115 Å². The van der Waals surface area contributed by atoms with Crippen molar-refractivity contribution in [3.63, 3.8) is 0 Å². The molecule has 0 saturated carbocycles. The zero-order valence-corrected chi connectivity index (χ0v) is 11.8. The number of nitrogens with zero attached hydrogens (tertiary/aromatic N) is 1. The van der Waals surface area contributed by atoms with E-state index in [1.807, 2.05) is 6.07 Å². The highest BCUT2D eigenvalue weighted by Gasteiger charge is 2.20. The number of anilines is 1. The Morgan fingerprint density at radius 3 is 2.61 bits per heavy atom. The molecule has 2 rings (SSSR count). The average molecular weight is 314 g/mol. The van der Waals surface area contributed by atoms with Gasteiger partial charge in [-0.3, -0.25) is 0 Å². The quantitative estimate of drug-likeness (QED) is 0.932. The summed E-state index contributed by atoms with van der Waals surface area (Å²) in [7, 11) is 1.74. The summed E-state index contributed by atoms with van der Waals surface area (Å²) in [5.74, 6) is -0.899. The smallest absolute Gasteiger partial charge is 0.335 e. The Balaban J connectivity index is 2.16. The first-order valence-corrected chi connectivity index (χ1v) is 6.71. The van der Waals surface area contributed by atoms with Gasteiger partial charge in [-0.2, -0.15) is 0 Å². The first kappa shape index (κ1) is 13.4. The fourth-order valence-corrected chi connectivity index (χ4v) is 2.71. The molecule has 5 heteroatoms. The van der Waals surface area contributed by atoms with Crippen LogP contribution in [0.4, 0.5) is 5.69 Å². The van der Waals surface area contributed by atoms with E-state index in [4.69, 9.17) is 9.84 Å². The van der Waals surface area contributed by atoms with Crippen molar-refractivity contribution in [2.24, 2.45) is 0 Å². The lowest BCUT2D eigenvalue weighted by atomic mass is 10.1. The molecule has 1 aliphatic rings. The Kier molecular flexibility index (Phi) is 4.24. The van der Waals surface area contributed by atoms with Crippen molar-refractivity contribution < 1.29 is 14.6 Å². The van der Waals surface area contributed by atoms with Gasteiger partial charge in [-0.1, -0.05) is 15.9 Å². The predicted octanol–water partition coefficient (Wildman–Crippen LogP) is 2.76. The maximum absolute atomic E-state index is 11.0. The van der Waals surface area contributed by atoms with E-state index in [-0.39, 0.29) is 0 Å².